The zero-order valence-corrected chi connectivity index (χ0v) is 47.0. The molecule has 424 valence electrons. The maximum absolute atomic E-state index is 13.7. The smallest absolute Gasteiger partial charge is 0.423 e. The van der Waals surface area contributed by atoms with Crippen LogP contribution in [-0.2, 0) is 33.0 Å². The number of halogens is 1. The van der Waals surface area contributed by atoms with Crippen LogP contribution in [0.3, 0.4) is 0 Å². The van der Waals surface area contributed by atoms with Crippen LogP contribution >= 0.6 is 11.6 Å². The van der Waals surface area contributed by atoms with Gasteiger partial charge in [-0.3, -0.25) is 23.7 Å². The second-order valence-electron chi connectivity index (χ2n) is 20.7. The third kappa shape index (κ3) is 13.4. The predicted octanol–water partition coefficient (Wildman–Crippen LogP) is 4.10. The van der Waals surface area contributed by atoms with Crippen molar-refractivity contribution in [2.45, 2.75) is 128 Å². The molecule has 29 heteroatoms. The number of sulfone groups is 1. The van der Waals surface area contributed by atoms with Crippen LogP contribution < -0.4 is 31.2 Å². The molecule has 0 unspecified atom stereocenters. The second kappa shape index (κ2) is 23.6. The Labute approximate surface area is 472 Å². The summed E-state index contributed by atoms with van der Waals surface area (Å²) < 4.78 is 50.8. The fourth-order valence-electron chi connectivity index (χ4n) is 9.36. The Morgan fingerprint density at radius 2 is 1.20 bits per heavy atom. The fourth-order valence-corrected chi connectivity index (χ4v) is 10.5. The van der Waals surface area contributed by atoms with Crippen molar-refractivity contribution in [3.63, 3.8) is 0 Å². The Balaban J connectivity index is 0.000000162. The summed E-state index contributed by atoms with van der Waals surface area (Å²) in [5, 5.41) is 24.4. The fraction of sp³-hybridized carbons (Fsp3) is 0.442. The molecule has 0 bridgehead atoms. The summed E-state index contributed by atoms with van der Waals surface area (Å²) in [6, 6.07) is 4.58. The Morgan fingerprint density at radius 1 is 0.667 bits per heavy atom. The first-order valence-electron chi connectivity index (χ1n) is 26.1. The van der Waals surface area contributed by atoms with E-state index in [2.05, 4.69) is 65.5 Å². The molecule has 8 aromatic heterocycles. The van der Waals surface area contributed by atoms with Gasteiger partial charge in [-0.25, -0.2) is 53.3 Å². The molecule has 0 spiro atoms. The number of nitrogens with one attached hydrogen (secondary N) is 2. The second-order valence-corrected chi connectivity index (χ2v) is 24.9. The van der Waals surface area contributed by atoms with E-state index in [1.807, 2.05) is 20.8 Å². The monoisotopic (exact) mass is 1160 g/mol. The molecule has 0 aliphatic heterocycles. The SMILES string of the molecule is C.C[C@@H](C1CC1)n1c(=O)c(NCc2cc[n+](S(C)(=O)=O)cn2)nc2cnc(Cl)nc21.Cc1ncnc(C2CC2)c1-c1ncc2nc(NCc3ccc(S(C)(=O)=O)cn3)c(=O)n([C@@H](C)C3CC3)c2n1.Cc1ncnc(C2CC2)c1B(O)O. The summed E-state index contributed by atoms with van der Waals surface area (Å²) >= 11 is 5.93. The number of aryl methyl sites for hydroxylation is 2. The van der Waals surface area contributed by atoms with Gasteiger partial charge in [-0.1, -0.05) is 12.4 Å². The molecule has 25 nitrogen and oxygen atoms in total. The molecule has 0 aromatic carbocycles. The highest BCUT2D eigenvalue weighted by Crippen LogP contribution is 2.44. The Kier molecular flexibility index (Phi) is 17.0. The van der Waals surface area contributed by atoms with E-state index in [1.54, 1.807) is 40.7 Å². The average molecular weight is 1160 g/mol. The third-order valence-corrected chi connectivity index (χ3v) is 16.7. The lowest BCUT2D eigenvalue weighted by atomic mass is 9.77. The van der Waals surface area contributed by atoms with Gasteiger partial charge in [0.05, 0.1) is 59.3 Å². The molecular weight excluding hydrogens is 1100 g/mol. The van der Waals surface area contributed by atoms with Gasteiger partial charge < -0.3 is 20.7 Å². The van der Waals surface area contributed by atoms with Crippen LogP contribution in [0.1, 0.15) is 131 Å². The number of rotatable bonds is 16. The van der Waals surface area contributed by atoms with Crippen LogP contribution in [-0.4, -0.2) is 115 Å². The zero-order chi connectivity index (χ0) is 56.8. The number of hydrogen-bond acceptors (Lipinski definition) is 22. The van der Waals surface area contributed by atoms with E-state index < -0.39 is 27.0 Å². The van der Waals surface area contributed by atoms with Gasteiger partial charge in [0.15, 0.2) is 44.3 Å². The minimum absolute atomic E-state index is 0. The summed E-state index contributed by atoms with van der Waals surface area (Å²) in [5.74, 6) is 2.46. The van der Waals surface area contributed by atoms with Crippen molar-refractivity contribution in [1.29, 1.82) is 0 Å². The molecule has 4 aliphatic rings. The van der Waals surface area contributed by atoms with E-state index >= 15 is 0 Å². The number of nitrogens with zero attached hydrogens (tertiary/aromatic N) is 15. The van der Waals surface area contributed by atoms with Gasteiger partial charge in [0, 0.05) is 59.3 Å². The largest absolute Gasteiger partial charge is 0.492 e. The van der Waals surface area contributed by atoms with Gasteiger partial charge in [-0.15, -0.1) is 3.97 Å². The van der Waals surface area contributed by atoms with E-state index in [0.717, 1.165) is 90.5 Å². The van der Waals surface area contributed by atoms with Crippen LogP contribution in [0.15, 0.2) is 76.5 Å². The lowest BCUT2D eigenvalue weighted by Crippen LogP contribution is -2.41. The number of anilines is 2. The number of aromatic nitrogens is 15. The topological polar surface area (TPSA) is 335 Å². The lowest BCUT2D eigenvalue weighted by Gasteiger charge is -2.19. The molecule has 4 fully saturated rings. The van der Waals surface area contributed by atoms with Gasteiger partial charge in [0.2, 0.25) is 5.28 Å². The minimum Gasteiger partial charge on any atom is -0.423 e. The van der Waals surface area contributed by atoms with Crippen LogP contribution in [0.5, 0.6) is 0 Å². The summed E-state index contributed by atoms with van der Waals surface area (Å²) in [7, 11) is -8.18. The molecule has 8 heterocycles. The van der Waals surface area contributed by atoms with E-state index in [0.29, 0.717) is 74.4 Å². The van der Waals surface area contributed by atoms with E-state index in [4.69, 9.17) is 26.6 Å². The van der Waals surface area contributed by atoms with Gasteiger partial charge in [-0.2, -0.15) is 13.4 Å². The maximum atomic E-state index is 13.7. The standard InChI is InChI=1S/C26H28N8O3S.C17H19ClN7O3S.C8H11BN2O2.CH4/c1-14-21(22(17-6-7-17)31-13-30-14)23-29-12-20-25(33-23)34(15(2)16-4-5-16)26(35)24(32-20)28-10-18-8-9-19(11-27-18)38(3,36)37;1-10(11-3-4-11)25-15-13(8-20-17(18)23-15)22-14(16(25)26)19-7-12-5-6-24(9-21-12)29(2,27)28;1-5-7(9(12)13)8(6-2-3-6)11-4-10-5;/h8-9,11-13,15-17H,4-7,10H2,1-3H3,(H,28,32);5-6,8-11H,3-4,7H2,1-2H3,(H,19,22);4,6,12-13H,2-3H2,1H3;1H4/q;+1;;/t15-;10-;;/m00../s1. The van der Waals surface area contributed by atoms with Crippen LogP contribution in [0.25, 0.3) is 33.7 Å². The minimum atomic E-state index is -3.40. The van der Waals surface area contributed by atoms with Crippen molar-refractivity contribution >= 4 is 78.0 Å². The molecule has 4 N–H and O–H groups in total. The van der Waals surface area contributed by atoms with Gasteiger partial charge in [-0.05, 0) is 115 Å². The molecule has 4 aliphatic carbocycles. The molecule has 0 amide bonds. The zero-order valence-electron chi connectivity index (χ0n) is 44.6. The number of fused-ring (bicyclic) bond motifs is 2. The predicted molar refractivity (Wildman–Crippen MR) is 303 cm³/mol. The van der Waals surface area contributed by atoms with E-state index in [-0.39, 0.29) is 65.5 Å². The number of hydrogen-bond donors (Lipinski definition) is 4. The molecule has 81 heavy (non-hydrogen) atoms. The normalized spacial score (nSPS) is 15.8. The highest BCUT2D eigenvalue weighted by Gasteiger charge is 2.35. The molecule has 12 rings (SSSR count). The van der Waals surface area contributed by atoms with Crippen LogP contribution in [0.4, 0.5) is 11.6 Å². The van der Waals surface area contributed by atoms with Crippen molar-refractivity contribution in [3.8, 4) is 11.4 Å². The Morgan fingerprint density at radius 3 is 1.69 bits per heavy atom. The summed E-state index contributed by atoms with van der Waals surface area (Å²) in [6.45, 7) is 8.13. The Bertz CT molecular complexity index is 4010. The molecule has 8 aromatic rings. The first-order chi connectivity index (χ1) is 38.1. The first kappa shape index (κ1) is 58.3. The average Bonchev–Trinajstić information content (AvgIpc) is 4.15. The molecule has 0 radical (unpaired) electrons. The molecular formula is C52H62BClN17O8S2+. The van der Waals surface area contributed by atoms with Gasteiger partial charge >= 0.3 is 23.5 Å². The Hall–Kier alpha value is -7.40. The van der Waals surface area contributed by atoms with Gasteiger partial charge in [0.25, 0.3) is 11.1 Å². The quantitative estimate of drug-likeness (QED) is 0.0601. The van der Waals surface area contributed by atoms with Crippen molar-refractivity contribution in [2.75, 3.05) is 23.1 Å². The van der Waals surface area contributed by atoms with Crippen LogP contribution in [0, 0.1) is 25.7 Å². The van der Waals surface area contributed by atoms with E-state index in [9.17, 15) is 26.4 Å². The maximum Gasteiger partial charge on any atom is 0.492 e. The van der Waals surface area contributed by atoms with Crippen molar-refractivity contribution in [1.82, 2.24) is 68.9 Å². The molecule has 4 saturated carbocycles. The third-order valence-electron chi connectivity index (χ3n) is 14.5. The van der Waals surface area contributed by atoms with Crippen molar-refractivity contribution in [3.05, 3.63) is 122 Å². The molecule has 2 atom stereocenters. The first-order valence-corrected chi connectivity index (χ1v) is 30.2. The summed E-state index contributed by atoms with van der Waals surface area (Å²) in [5.41, 5.74) is 7.00. The highest BCUT2D eigenvalue weighted by atomic mass is 35.5. The van der Waals surface area contributed by atoms with E-state index in [1.165, 1.54) is 37.3 Å². The van der Waals surface area contributed by atoms with Crippen LogP contribution in [0.2, 0.25) is 5.28 Å². The lowest BCUT2D eigenvalue weighted by molar-refractivity contribution is -0.514. The highest BCUT2D eigenvalue weighted by molar-refractivity contribution is 7.90. The summed E-state index contributed by atoms with van der Waals surface area (Å²) in [6.07, 6.45) is 21.0. The summed E-state index contributed by atoms with van der Waals surface area (Å²) in [4.78, 5) is 78.8. The van der Waals surface area contributed by atoms with Gasteiger partial charge in [0.1, 0.15) is 29.9 Å². The van der Waals surface area contributed by atoms with Crippen molar-refractivity contribution < 1.29 is 30.9 Å². The number of pyridine rings is 1. The van der Waals surface area contributed by atoms with Crippen molar-refractivity contribution in [2.24, 2.45) is 11.8 Å². The molecule has 0 saturated heterocycles.